The fourth-order valence-corrected chi connectivity index (χ4v) is 3.45. The zero-order chi connectivity index (χ0) is 16.9. The van der Waals surface area contributed by atoms with Crippen LogP contribution in [0.3, 0.4) is 0 Å². The Balaban J connectivity index is 1.41. The molecule has 2 aliphatic heterocycles. The Morgan fingerprint density at radius 1 is 1.33 bits per heavy atom. The van der Waals surface area contributed by atoms with Gasteiger partial charge in [-0.3, -0.25) is 14.3 Å². The number of aromatic nitrogens is 2. The number of nitrogens with one attached hydrogen (secondary N) is 1. The molecule has 24 heavy (non-hydrogen) atoms. The second-order valence-corrected chi connectivity index (χ2v) is 6.58. The predicted octanol–water partition coefficient (Wildman–Crippen LogP) is 1.31. The first-order valence-corrected chi connectivity index (χ1v) is 8.64. The number of hydrogen-bond donors (Lipinski definition) is 1. The molecule has 1 atom stereocenters. The number of hydrogen-bond acceptors (Lipinski definition) is 4. The van der Waals surface area contributed by atoms with Gasteiger partial charge in [-0.15, -0.1) is 0 Å². The molecule has 8 heteroatoms. The van der Waals surface area contributed by atoms with Crippen LogP contribution in [0.4, 0.5) is 8.78 Å². The lowest BCUT2D eigenvalue weighted by Gasteiger charge is -2.34. The third kappa shape index (κ3) is 4.30. The molecular formula is C16H25F2N5O. The Hall–Kier alpha value is -1.54. The summed E-state index contributed by atoms with van der Waals surface area (Å²) in [6.45, 7) is 2.65. The highest BCUT2D eigenvalue weighted by atomic mass is 19.3. The lowest BCUT2D eigenvalue weighted by molar-refractivity contribution is -0.133. The lowest BCUT2D eigenvalue weighted by atomic mass is 10.0. The molecule has 1 aromatic heterocycles. The molecule has 2 saturated heterocycles. The van der Waals surface area contributed by atoms with E-state index < -0.39 is 6.55 Å². The van der Waals surface area contributed by atoms with Crippen molar-refractivity contribution in [3.8, 4) is 0 Å². The van der Waals surface area contributed by atoms with Crippen LogP contribution in [0.2, 0.25) is 0 Å². The number of amides is 1. The van der Waals surface area contributed by atoms with E-state index in [2.05, 4.69) is 15.2 Å². The average molecular weight is 341 g/mol. The Morgan fingerprint density at radius 3 is 2.79 bits per heavy atom. The number of piperazine rings is 1. The van der Waals surface area contributed by atoms with Crippen molar-refractivity contribution in [3.63, 3.8) is 0 Å². The molecule has 0 spiro atoms. The third-order valence-corrected chi connectivity index (χ3v) is 4.98. The van der Waals surface area contributed by atoms with Crippen LogP contribution < -0.4 is 5.32 Å². The Kier molecular flexibility index (Phi) is 5.78. The van der Waals surface area contributed by atoms with Crippen LogP contribution in [0.5, 0.6) is 0 Å². The third-order valence-electron chi connectivity index (χ3n) is 4.98. The van der Waals surface area contributed by atoms with Crippen molar-refractivity contribution in [1.82, 2.24) is 24.7 Å². The highest BCUT2D eigenvalue weighted by Crippen LogP contribution is 2.17. The van der Waals surface area contributed by atoms with E-state index >= 15 is 0 Å². The maximum Gasteiger partial charge on any atom is 0.319 e. The number of halogens is 2. The van der Waals surface area contributed by atoms with Gasteiger partial charge in [0.25, 0.3) is 0 Å². The van der Waals surface area contributed by atoms with Crippen LogP contribution in [0.25, 0.3) is 0 Å². The van der Waals surface area contributed by atoms with Crippen molar-refractivity contribution in [3.05, 3.63) is 18.2 Å². The molecule has 1 N–H and O–H groups in total. The van der Waals surface area contributed by atoms with Crippen molar-refractivity contribution in [2.75, 3.05) is 39.3 Å². The van der Waals surface area contributed by atoms with Gasteiger partial charge < -0.3 is 10.2 Å². The van der Waals surface area contributed by atoms with E-state index in [9.17, 15) is 13.6 Å². The van der Waals surface area contributed by atoms with E-state index in [-0.39, 0.29) is 5.91 Å². The Bertz CT molecular complexity index is 536. The fraction of sp³-hybridized carbons (Fsp3) is 0.750. The largest absolute Gasteiger partial charge is 0.340 e. The summed E-state index contributed by atoms with van der Waals surface area (Å²) >= 11 is 0. The second kappa shape index (κ2) is 8.02. The molecule has 2 fully saturated rings. The monoisotopic (exact) mass is 341 g/mol. The van der Waals surface area contributed by atoms with Gasteiger partial charge in [-0.25, -0.2) is 4.98 Å². The van der Waals surface area contributed by atoms with Crippen molar-refractivity contribution in [1.29, 1.82) is 0 Å². The normalized spacial score (nSPS) is 22.5. The number of carbonyl (C=O) groups excluding carboxylic acids is 1. The minimum Gasteiger partial charge on any atom is -0.340 e. The van der Waals surface area contributed by atoms with Crippen molar-refractivity contribution >= 4 is 5.91 Å². The molecule has 3 heterocycles. The van der Waals surface area contributed by atoms with Gasteiger partial charge in [0.2, 0.25) is 5.91 Å². The molecular weight excluding hydrogens is 316 g/mol. The van der Waals surface area contributed by atoms with E-state index in [0.717, 1.165) is 30.5 Å². The zero-order valence-electron chi connectivity index (χ0n) is 13.8. The van der Waals surface area contributed by atoms with Gasteiger partial charge in [0.05, 0.1) is 6.54 Å². The van der Waals surface area contributed by atoms with Crippen molar-refractivity contribution in [2.24, 2.45) is 5.92 Å². The van der Waals surface area contributed by atoms with Crippen molar-refractivity contribution < 1.29 is 13.6 Å². The first-order valence-electron chi connectivity index (χ1n) is 8.64. The summed E-state index contributed by atoms with van der Waals surface area (Å²) in [4.78, 5) is 20.3. The van der Waals surface area contributed by atoms with Gasteiger partial charge in [0.1, 0.15) is 5.82 Å². The van der Waals surface area contributed by atoms with Gasteiger partial charge in [-0.2, -0.15) is 8.78 Å². The molecule has 0 saturated carbocycles. The summed E-state index contributed by atoms with van der Waals surface area (Å²) in [6, 6.07) is 0. The molecule has 0 aromatic carbocycles. The minimum atomic E-state index is -2.56. The van der Waals surface area contributed by atoms with Crippen molar-refractivity contribution in [2.45, 2.75) is 32.4 Å². The summed E-state index contributed by atoms with van der Waals surface area (Å²) < 4.78 is 26.6. The smallest absolute Gasteiger partial charge is 0.319 e. The molecule has 134 valence electrons. The molecule has 3 rings (SSSR count). The molecule has 0 aliphatic carbocycles. The molecule has 6 nitrogen and oxygen atoms in total. The number of nitrogens with zero attached hydrogens (tertiary/aromatic N) is 4. The van der Waals surface area contributed by atoms with Crippen LogP contribution in [0, 0.1) is 5.92 Å². The standard InChI is InChI=1S/C16H25F2N5O/c17-16(18)23-6-5-20-14(23)12-21-7-9-22(10-8-21)15(24)2-1-13-3-4-19-11-13/h5-6,13,16,19H,1-4,7-12H2. The van der Waals surface area contributed by atoms with Crippen LogP contribution in [0.1, 0.15) is 31.6 Å². The Morgan fingerprint density at radius 2 is 2.12 bits per heavy atom. The molecule has 1 unspecified atom stereocenters. The van der Waals surface area contributed by atoms with Crippen LogP contribution in [0.15, 0.2) is 12.4 Å². The predicted molar refractivity (Wildman–Crippen MR) is 85.5 cm³/mol. The number of rotatable bonds is 6. The highest BCUT2D eigenvalue weighted by Gasteiger charge is 2.24. The van der Waals surface area contributed by atoms with E-state index in [4.69, 9.17) is 0 Å². The molecule has 0 radical (unpaired) electrons. The summed E-state index contributed by atoms with van der Waals surface area (Å²) in [7, 11) is 0. The molecule has 1 amide bonds. The van der Waals surface area contributed by atoms with Gasteiger partial charge in [-0.05, 0) is 31.8 Å². The highest BCUT2D eigenvalue weighted by molar-refractivity contribution is 5.76. The quantitative estimate of drug-likeness (QED) is 0.848. The first kappa shape index (κ1) is 17.3. The second-order valence-electron chi connectivity index (χ2n) is 6.58. The number of carbonyl (C=O) groups is 1. The van der Waals surface area contributed by atoms with Crippen LogP contribution in [-0.4, -0.2) is 64.5 Å². The van der Waals surface area contributed by atoms with E-state index in [1.165, 1.54) is 12.4 Å². The molecule has 0 bridgehead atoms. The average Bonchev–Trinajstić information content (AvgIpc) is 3.25. The van der Waals surface area contributed by atoms with E-state index in [0.29, 0.717) is 50.9 Å². The van der Waals surface area contributed by atoms with Crippen LogP contribution in [-0.2, 0) is 11.3 Å². The molecule has 2 aliphatic rings. The van der Waals surface area contributed by atoms with E-state index in [1.807, 2.05) is 4.90 Å². The number of alkyl halides is 2. The summed E-state index contributed by atoms with van der Waals surface area (Å²) in [5, 5.41) is 3.32. The van der Waals surface area contributed by atoms with Crippen LogP contribution >= 0.6 is 0 Å². The minimum absolute atomic E-state index is 0.218. The summed E-state index contributed by atoms with van der Waals surface area (Å²) in [6.07, 6.45) is 5.44. The fourth-order valence-electron chi connectivity index (χ4n) is 3.45. The molecule has 1 aromatic rings. The van der Waals surface area contributed by atoms with Gasteiger partial charge in [0.15, 0.2) is 0 Å². The summed E-state index contributed by atoms with van der Waals surface area (Å²) in [5.74, 6) is 1.22. The first-order chi connectivity index (χ1) is 11.6. The van der Waals surface area contributed by atoms with Gasteiger partial charge >= 0.3 is 6.55 Å². The summed E-state index contributed by atoms with van der Waals surface area (Å²) in [5.41, 5.74) is 0. The maximum atomic E-state index is 12.8. The zero-order valence-corrected chi connectivity index (χ0v) is 13.8. The van der Waals surface area contributed by atoms with Gasteiger partial charge in [-0.1, -0.05) is 0 Å². The SMILES string of the molecule is O=C(CCC1CCNC1)N1CCN(Cc2nccn2C(F)F)CC1. The Labute approximate surface area is 140 Å². The van der Waals surface area contributed by atoms with Gasteiger partial charge in [0, 0.05) is 45.0 Å². The maximum absolute atomic E-state index is 12.8. The van der Waals surface area contributed by atoms with E-state index in [1.54, 1.807) is 0 Å². The lowest BCUT2D eigenvalue weighted by Crippen LogP contribution is -2.48. The number of imidazole rings is 1. The topological polar surface area (TPSA) is 53.4 Å².